The van der Waals surface area contributed by atoms with Crippen molar-refractivity contribution in [3.8, 4) is 5.75 Å². The number of rotatable bonds is 8. The van der Waals surface area contributed by atoms with Gasteiger partial charge in [0.15, 0.2) is 0 Å². The van der Waals surface area contributed by atoms with Crippen LogP contribution >= 0.6 is 0 Å². The summed E-state index contributed by atoms with van der Waals surface area (Å²) in [5.74, 6) is 0.0873. The van der Waals surface area contributed by atoms with Gasteiger partial charge in [-0.05, 0) is 79.4 Å². The second-order valence-electron chi connectivity index (χ2n) is 10.9. The number of methoxy groups -OCH3 is 1. The van der Waals surface area contributed by atoms with E-state index in [0.29, 0.717) is 48.7 Å². The Hall–Kier alpha value is -4.40. The molecular weight excluding hydrogens is 535 g/mol. The summed E-state index contributed by atoms with van der Waals surface area (Å²) in [5, 5.41) is 5.83. The molecule has 0 bridgehead atoms. The fourth-order valence-corrected chi connectivity index (χ4v) is 5.71. The van der Waals surface area contributed by atoms with Crippen molar-refractivity contribution >= 4 is 29.1 Å². The monoisotopic (exact) mass is 572 g/mol. The van der Waals surface area contributed by atoms with Crippen LogP contribution in [0.5, 0.6) is 5.75 Å². The summed E-state index contributed by atoms with van der Waals surface area (Å²) in [6.07, 6.45) is 4.98. The highest BCUT2D eigenvalue weighted by Gasteiger charge is 2.29. The van der Waals surface area contributed by atoms with E-state index in [4.69, 9.17) is 4.74 Å². The molecule has 0 unspecified atom stereocenters. The van der Waals surface area contributed by atoms with Crippen LogP contribution in [0.3, 0.4) is 0 Å². The Labute approximate surface area is 245 Å². The molecule has 1 heterocycles. The van der Waals surface area contributed by atoms with Crippen LogP contribution in [0.2, 0.25) is 0 Å². The maximum atomic E-state index is 13.6. The number of carbonyl (C=O) groups excluding carboxylic acids is 3. The van der Waals surface area contributed by atoms with Crippen molar-refractivity contribution in [2.24, 2.45) is 5.92 Å². The number of ether oxygens (including phenoxy) is 1. The van der Waals surface area contributed by atoms with Crippen molar-refractivity contribution in [3.05, 3.63) is 89.2 Å². The van der Waals surface area contributed by atoms with E-state index in [0.717, 1.165) is 43.4 Å². The van der Waals surface area contributed by atoms with Gasteiger partial charge >= 0.3 is 0 Å². The Morgan fingerprint density at radius 2 is 1.60 bits per heavy atom. The molecule has 5 rings (SSSR count). The normalized spacial score (nSPS) is 15.7. The largest absolute Gasteiger partial charge is 0.497 e. The third-order valence-corrected chi connectivity index (χ3v) is 8.07. The van der Waals surface area contributed by atoms with Crippen LogP contribution in [0, 0.1) is 11.7 Å². The number of anilines is 2. The molecule has 42 heavy (non-hydrogen) atoms. The molecule has 1 aliphatic carbocycles. The van der Waals surface area contributed by atoms with Gasteiger partial charge in [-0.15, -0.1) is 0 Å². The minimum absolute atomic E-state index is 0.137. The Kier molecular flexibility index (Phi) is 9.36. The summed E-state index contributed by atoms with van der Waals surface area (Å²) >= 11 is 0. The van der Waals surface area contributed by atoms with Crippen LogP contribution in [0.1, 0.15) is 58.4 Å². The molecule has 8 nitrogen and oxygen atoms in total. The lowest BCUT2D eigenvalue weighted by atomic mass is 10.1. The van der Waals surface area contributed by atoms with Crippen molar-refractivity contribution < 1.29 is 23.5 Å². The van der Waals surface area contributed by atoms with Gasteiger partial charge in [-0.2, -0.15) is 0 Å². The lowest BCUT2D eigenvalue weighted by Crippen LogP contribution is -2.38. The zero-order valence-electron chi connectivity index (χ0n) is 23.9. The number of nitrogens with one attached hydrogen (secondary N) is 2. The lowest BCUT2D eigenvalue weighted by Gasteiger charge is -2.27. The minimum atomic E-state index is -0.339. The first-order valence-corrected chi connectivity index (χ1v) is 14.6. The summed E-state index contributed by atoms with van der Waals surface area (Å²) in [7, 11) is 1.56. The van der Waals surface area contributed by atoms with Gasteiger partial charge in [0.05, 0.1) is 12.7 Å². The number of benzene rings is 3. The summed E-state index contributed by atoms with van der Waals surface area (Å²) in [5.41, 5.74) is 2.87. The van der Waals surface area contributed by atoms with Gasteiger partial charge in [0.25, 0.3) is 11.8 Å². The average molecular weight is 573 g/mol. The molecule has 0 spiro atoms. The standard InChI is InChI=1S/C33H37FN4O4/c1-42-28-14-9-24(10-15-28)31(39)36-27-13-16-30(29(21-27)32(40)35-22-23-7-11-26(34)12-8-23)37-17-4-18-38(20-19-37)33(41)25-5-2-3-6-25/h7-16,21,25H,2-6,17-20,22H2,1H3,(H,35,40)(H,36,39). The molecule has 2 aliphatic rings. The second kappa shape index (κ2) is 13.5. The van der Waals surface area contributed by atoms with Gasteiger partial charge in [0, 0.05) is 55.6 Å². The first kappa shape index (κ1) is 29.1. The fraction of sp³-hybridized carbons (Fsp3) is 0.364. The van der Waals surface area contributed by atoms with E-state index < -0.39 is 0 Å². The summed E-state index contributed by atoms with van der Waals surface area (Å²) < 4.78 is 18.5. The second-order valence-corrected chi connectivity index (χ2v) is 10.9. The lowest BCUT2D eigenvalue weighted by molar-refractivity contribution is -0.135. The van der Waals surface area contributed by atoms with Crippen molar-refractivity contribution in [1.82, 2.24) is 10.2 Å². The number of halogens is 1. The molecule has 2 N–H and O–H groups in total. The van der Waals surface area contributed by atoms with Crippen LogP contribution in [0.25, 0.3) is 0 Å². The van der Waals surface area contributed by atoms with Gasteiger partial charge in [0.1, 0.15) is 11.6 Å². The Balaban J connectivity index is 1.35. The quantitative estimate of drug-likeness (QED) is 0.385. The third kappa shape index (κ3) is 7.08. The molecule has 9 heteroatoms. The fourth-order valence-electron chi connectivity index (χ4n) is 5.71. The predicted octanol–water partition coefficient (Wildman–Crippen LogP) is 5.25. The molecule has 1 saturated carbocycles. The van der Waals surface area contributed by atoms with Crippen molar-refractivity contribution in [2.75, 3.05) is 43.5 Å². The van der Waals surface area contributed by atoms with Crippen LogP contribution in [-0.2, 0) is 11.3 Å². The van der Waals surface area contributed by atoms with E-state index >= 15 is 0 Å². The molecule has 2 fully saturated rings. The van der Waals surface area contributed by atoms with Gasteiger partial charge in [-0.1, -0.05) is 25.0 Å². The van der Waals surface area contributed by atoms with E-state index in [9.17, 15) is 18.8 Å². The van der Waals surface area contributed by atoms with E-state index in [1.807, 2.05) is 11.0 Å². The highest BCUT2D eigenvalue weighted by molar-refractivity contribution is 6.06. The van der Waals surface area contributed by atoms with Gasteiger partial charge < -0.3 is 25.2 Å². The third-order valence-electron chi connectivity index (χ3n) is 8.07. The summed E-state index contributed by atoms with van der Waals surface area (Å²) in [6, 6.07) is 18.1. The number of hydrogen-bond donors (Lipinski definition) is 2. The smallest absolute Gasteiger partial charge is 0.255 e. The van der Waals surface area contributed by atoms with Gasteiger partial charge in [-0.3, -0.25) is 14.4 Å². The first-order valence-electron chi connectivity index (χ1n) is 14.6. The van der Waals surface area contributed by atoms with E-state index in [1.165, 1.54) is 12.1 Å². The summed E-state index contributed by atoms with van der Waals surface area (Å²) in [6.45, 7) is 2.83. The maximum Gasteiger partial charge on any atom is 0.255 e. The zero-order valence-corrected chi connectivity index (χ0v) is 23.9. The number of amides is 3. The van der Waals surface area contributed by atoms with Crippen molar-refractivity contribution in [2.45, 2.75) is 38.6 Å². The molecule has 1 saturated heterocycles. The Morgan fingerprint density at radius 1 is 0.857 bits per heavy atom. The molecule has 3 aromatic carbocycles. The molecule has 0 radical (unpaired) electrons. The minimum Gasteiger partial charge on any atom is -0.497 e. The van der Waals surface area contributed by atoms with E-state index in [1.54, 1.807) is 55.6 Å². The molecular formula is C33H37FN4O4. The SMILES string of the molecule is COc1ccc(C(=O)Nc2ccc(N3CCCN(C(=O)C4CCCC4)CC3)c(C(=O)NCc3ccc(F)cc3)c2)cc1. The zero-order chi connectivity index (χ0) is 29.5. The molecule has 220 valence electrons. The maximum absolute atomic E-state index is 13.6. The average Bonchev–Trinajstić information content (AvgIpc) is 3.45. The van der Waals surface area contributed by atoms with Gasteiger partial charge in [-0.25, -0.2) is 4.39 Å². The van der Waals surface area contributed by atoms with E-state index in [2.05, 4.69) is 15.5 Å². The Bertz CT molecular complexity index is 1400. The highest BCUT2D eigenvalue weighted by atomic mass is 19.1. The molecule has 0 atom stereocenters. The molecule has 0 aromatic heterocycles. The van der Waals surface area contributed by atoms with Crippen LogP contribution in [-0.4, -0.2) is 55.9 Å². The number of hydrogen-bond acceptors (Lipinski definition) is 5. The van der Waals surface area contributed by atoms with E-state index in [-0.39, 0.29) is 36.0 Å². The first-order chi connectivity index (χ1) is 20.4. The molecule has 1 aliphatic heterocycles. The molecule has 3 amide bonds. The topological polar surface area (TPSA) is 91.0 Å². The number of nitrogens with zero attached hydrogens (tertiary/aromatic N) is 2. The van der Waals surface area contributed by atoms with Crippen molar-refractivity contribution in [3.63, 3.8) is 0 Å². The van der Waals surface area contributed by atoms with Gasteiger partial charge in [0.2, 0.25) is 5.91 Å². The van der Waals surface area contributed by atoms with Crippen LogP contribution < -0.4 is 20.3 Å². The summed E-state index contributed by atoms with van der Waals surface area (Å²) in [4.78, 5) is 43.7. The van der Waals surface area contributed by atoms with Crippen LogP contribution in [0.15, 0.2) is 66.7 Å². The Morgan fingerprint density at radius 3 is 2.31 bits per heavy atom. The molecule has 3 aromatic rings. The highest BCUT2D eigenvalue weighted by Crippen LogP contribution is 2.29. The number of carbonyl (C=O) groups is 3. The van der Waals surface area contributed by atoms with Crippen LogP contribution in [0.4, 0.5) is 15.8 Å². The predicted molar refractivity (Wildman–Crippen MR) is 160 cm³/mol. The van der Waals surface area contributed by atoms with Crippen molar-refractivity contribution in [1.29, 1.82) is 0 Å².